The molecule has 0 saturated carbocycles. The molecule has 0 atom stereocenters. The Labute approximate surface area is 74.1 Å². The van der Waals surface area contributed by atoms with E-state index in [1.807, 2.05) is 0 Å². The topological polar surface area (TPSA) is 58.2 Å². The Kier molecular flexibility index (Phi) is 5.96. The highest BCUT2D eigenvalue weighted by molar-refractivity contribution is 7.89. The van der Waals surface area contributed by atoms with Crippen molar-refractivity contribution in [2.24, 2.45) is 0 Å². The van der Waals surface area contributed by atoms with Crippen LogP contribution in [-0.2, 0) is 10.0 Å². The number of hydrogen-bond acceptors (Lipinski definition) is 3. The first-order chi connectivity index (χ1) is 5.62. The number of sulfonamides is 1. The van der Waals surface area contributed by atoms with E-state index in [1.54, 1.807) is 13.1 Å². The van der Waals surface area contributed by atoms with Crippen LogP contribution in [-0.4, -0.2) is 34.3 Å². The number of hydrogen-bond donors (Lipinski definition) is 2. The van der Waals surface area contributed by atoms with Crippen molar-refractivity contribution < 1.29 is 8.42 Å². The van der Waals surface area contributed by atoms with Gasteiger partial charge in [0.2, 0.25) is 10.0 Å². The second-order valence-corrected chi connectivity index (χ2v) is 4.32. The van der Waals surface area contributed by atoms with Crippen LogP contribution in [0.5, 0.6) is 0 Å². The highest BCUT2D eigenvalue weighted by Gasteiger charge is 2.06. The molecule has 72 valence electrons. The van der Waals surface area contributed by atoms with E-state index in [1.165, 1.54) is 0 Å². The molecular weight excluding hydrogens is 176 g/mol. The van der Waals surface area contributed by atoms with Crippen molar-refractivity contribution in [3.63, 3.8) is 0 Å². The summed E-state index contributed by atoms with van der Waals surface area (Å²) in [4.78, 5) is 0. The van der Waals surface area contributed by atoms with Gasteiger partial charge in [-0.3, -0.25) is 0 Å². The first-order valence-electron chi connectivity index (χ1n) is 3.85. The van der Waals surface area contributed by atoms with Crippen LogP contribution in [0.15, 0.2) is 12.7 Å². The van der Waals surface area contributed by atoms with Crippen LogP contribution in [0.2, 0.25) is 0 Å². The molecule has 0 aromatic carbocycles. The third-order valence-corrected chi connectivity index (χ3v) is 2.68. The van der Waals surface area contributed by atoms with Crippen LogP contribution in [0, 0.1) is 0 Å². The van der Waals surface area contributed by atoms with Crippen LogP contribution < -0.4 is 10.0 Å². The molecule has 0 spiro atoms. The van der Waals surface area contributed by atoms with Gasteiger partial charge in [0.15, 0.2) is 0 Å². The predicted molar refractivity (Wildman–Crippen MR) is 50.5 cm³/mol. The van der Waals surface area contributed by atoms with Gasteiger partial charge in [-0.15, -0.1) is 6.58 Å². The molecule has 12 heavy (non-hydrogen) atoms. The summed E-state index contributed by atoms with van der Waals surface area (Å²) in [5.74, 6) is 0.126. The third-order valence-electron chi connectivity index (χ3n) is 1.29. The second kappa shape index (κ2) is 6.16. The molecule has 0 aromatic heterocycles. The van der Waals surface area contributed by atoms with Crippen LogP contribution in [0.3, 0.4) is 0 Å². The first kappa shape index (κ1) is 11.6. The van der Waals surface area contributed by atoms with E-state index in [2.05, 4.69) is 16.6 Å². The zero-order chi connectivity index (χ0) is 9.45. The van der Waals surface area contributed by atoms with Crippen molar-refractivity contribution in [1.29, 1.82) is 0 Å². The van der Waals surface area contributed by atoms with Gasteiger partial charge < -0.3 is 5.32 Å². The van der Waals surface area contributed by atoms with Crippen molar-refractivity contribution in [1.82, 2.24) is 10.0 Å². The fourth-order valence-electron chi connectivity index (χ4n) is 0.625. The van der Waals surface area contributed by atoms with E-state index in [4.69, 9.17) is 0 Å². The monoisotopic (exact) mass is 192 g/mol. The molecule has 4 nitrogen and oxygen atoms in total. The molecule has 0 amide bonds. The molecule has 0 aromatic rings. The van der Waals surface area contributed by atoms with Gasteiger partial charge in [-0.05, 0) is 13.5 Å². The minimum Gasteiger partial charge on any atom is -0.319 e. The lowest BCUT2D eigenvalue weighted by molar-refractivity contribution is 0.579. The Balaban J connectivity index is 3.64. The average Bonchev–Trinajstić information content (AvgIpc) is 2.01. The van der Waals surface area contributed by atoms with Crippen molar-refractivity contribution in [2.45, 2.75) is 6.42 Å². The molecule has 0 fully saturated rings. The van der Waals surface area contributed by atoms with Crippen molar-refractivity contribution >= 4 is 10.0 Å². The van der Waals surface area contributed by atoms with E-state index in [0.717, 1.165) is 0 Å². The average molecular weight is 192 g/mol. The molecule has 0 aliphatic carbocycles. The molecule has 0 saturated heterocycles. The summed E-state index contributed by atoms with van der Waals surface area (Å²) in [5, 5.41) is 2.77. The quantitative estimate of drug-likeness (QED) is 0.430. The Morgan fingerprint density at radius 2 is 2.08 bits per heavy atom. The van der Waals surface area contributed by atoms with E-state index in [9.17, 15) is 8.42 Å². The summed E-state index contributed by atoms with van der Waals surface area (Å²) >= 11 is 0. The maximum absolute atomic E-state index is 11.1. The molecule has 0 unspecified atom stereocenters. The minimum absolute atomic E-state index is 0.126. The van der Waals surface area contributed by atoms with E-state index in [0.29, 0.717) is 19.5 Å². The fourth-order valence-corrected chi connectivity index (χ4v) is 1.67. The molecule has 0 bridgehead atoms. The summed E-state index contributed by atoms with van der Waals surface area (Å²) in [6, 6.07) is 0. The molecule has 5 heteroatoms. The van der Waals surface area contributed by atoms with Crippen LogP contribution >= 0.6 is 0 Å². The van der Waals surface area contributed by atoms with Crippen LogP contribution in [0.25, 0.3) is 0 Å². The van der Waals surface area contributed by atoms with Gasteiger partial charge in [-0.2, -0.15) is 0 Å². The summed E-state index contributed by atoms with van der Waals surface area (Å²) in [7, 11) is -1.35. The second-order valence-electron chi connectivity index (χ2n) is 2.39. The largest absolute Gasteiger partial charge is 0.319 e. The number of nitrogens with one attached hydrogen (secondary N) is 2. The normalized spacial score (nSPS) is 11.4. The van der Waals surface area contributed by atoms with Gasteiger partial charge in [0.25, 0.3) is 0 Å². The lowest BCUT2D eigenvalue weighted by atomic mass is 10.4. The van der Waals surface area contributed by atoms with Crippen molar-refractivity contribution in [3.05, 3.63) is 12.7 Å². The molecule has 0 rings (SSSR count). The van der Waals surface area contributed by atoms with E-state index < -0.39 is 10.0 Å². The lowest BCUT2D eigenvalue weighted by Gasteiger charge is -2.03. The van der Waals surface area contributed by atoms with Gasteiger partial charge in [0.05, 0.1) is 5.75 Å². The summed E-state index contributed by atoms with van der Waals surface area (Å²) < 4.78 is 24.6. The summed E-state index contributed by atoms with van der Waals surface area (Å²) in [6.07, 6.45) is 2.35. The maximum atomic E-state index is 11.1. The SMILES string of the molecule is C=CCCNS(=O)(=O)CCNC. The third kappa shape index (κ3) is 6.33. The molecule has 0 heterocycles. The van der Waals surface area contributed by atoms with Crippen LogP contribution in [0.1, 0.15) is 6.42 Å². The molecule has 0 radical (unpaired) electrons. The lowest BCUT2D eigenvalue weighted by Crippen LogP contribution is -2.31. The van der Waals surface area contributed by atoms with Gasteiger partial charge in [-0.25, -0.2) is 13.1 Å². The zero-order valence-electron chi connectivity index (χ0n) is 7.34. The van der Waals surface area contributed by atoms with Crippen molar-refractivity contribution in [3.8, 4) is 0 Å². The van der Waals surface area contributed by atoms with Gasteiger partial charge >= 0.3 is 0 Å². The minimum atomic E-state index is -3.08. The maximum Gasteiger partial charge on any atom is 0.212 e. The molecular formula is C7H16N2O2S. The van der Waals surface area contributed by atoms with E-state index >= 15 is 0 Å². The van der Waals surface area contributed by atoms with Gasteiger partial charge in [0, 0.05) is 13.1 Å². The first-order valence-corrected chi connectivity index (χ1v) is 5.50. The molecule has 0 aliphatic rings. The number of rotatable bonds is 7. The predicted octanol–water partition coefficient (Wildman–Crippen LogP) is -0.299. The Morgan fingerprint density at radius 3 is 2.58 bits per heavy atom. The highest BCUT2D eigenvalue weighted by atomic mass is 32.2. The zero-order valence-corrected chi connectivity index (χ0v) is 8.15. The fraction of sp³-hybridized carbons (Fsp3) is 0.714. The van der Waals surface area contributed by atoms with Crippen LogP contribution in [0.4, 0.5) is 0 Å². The summed E-state index contributed by atoms with van der Waals surface area (Å²) in [6.45, 7) is 4.41. The molecule has 0 aliphatic heterocycles. The summed E-state index contributed by atoms with van der Waals surface area (Å²) in [5.41, 5.74) is 0. The Morgan fingerprint density at radius 1 is 1.42 bits per heavy atom. The van der Waals surface area contributed by atoms with Gasteiger partial charge in [-0.1, -0.05) is 6.08 Å². The van der Waals surface area contributed by atoms with Crippen molar-refractivity contribution in [2.75, 3.05) is 25.9 Å². The standard InChI is InChI=1S/C7H16N2O2S/c1-3-4-5-9-12(10,11)7-6-8-2/h3,8-9H,1,4-7H2,2H3. The molecule has 2 N–H and O–H groups in total. The van der Waals surface area contributed by atoms with Gasteiger partial charge in [0.1, 0.15) is 0 Å². The highest BCUT2D eigenvalue weighted by Crippen LogP contribution is 1.84. The Hall–Kier alpha value is -0.390. The Bertz CT molecular complexity index is 211. The van der Waals surface area contributed by atoms with E-state index in [-0.39, 0.29) is 5.75 Å². The smallest absolute Gasteiger partial charge is 0.212 e.